The second-order valence-electron chi connectivity index (χ2n) is 4.23. The molecule has 0 radical (unpaired) electrons. The summed E-state index contributed by atoms with van der Waals surface area (Å²) in [6.07, 6.45) is 3.98. The molecule has 17 heavy (non-hydrogen) atoms. The minimum absolute atomic E-state index is 0.767. The minimum atomic E-state index is 0.767. The van der Waals surface area contributed by atoms with Gasteiger partial charge in [0.15, 0.2) is 0 Å². The van der Waals surface area contributed by atoms with Crippen LogP contribution in [0.25, 0.3) is 0 Å². The molecule has 0 bridgehead atoms. The monoisotopic (exact) mass is 233 g/mol. The summed E-state index contributed by atoms with van der Waals surface area (Å²) < 4.78 is 3.85. The van der Waals surface area contributed by atoms with Crippen molar-refractivity contribution < 1.29 is 0 Å². The first kappa shape index (κ1) is 11.9. The predicted molar refractivity (Wildman–Crippen MR) is 66.7 cm³/mol. The van der Waals surface area contributed by atoms with Crippen LogP contribution in [-0.4, -0.2) is 26.1 Å². The third-order valence-electron chi connectivity index (χ3n) is 2.69. The third-order valence-corrected chi connectivity index (χ3v) is 2.69. The lowest BCUT2D eigenvalue weighted by molar-refractivity contribution is 0.617. The lowest BCUT2D eigenvalue weighted by atomic mass is 10.3. The summed E-state index contributed by atoms with van der Waals surface area (Å²) in [5.74, 6) is 0. The summed E-state index contributed by atoms with van der Waals surface area (Å²) in [5, 5.41) is 12.0. The topological polar surface area (TPSA) is 47.7 Å². The maximum absolute atomic E-state index is 4.35. The molecule has 0 aromatic carbocycles. The van der Waals surface area contributed by atoms with Crippen LogP contribution in [0.15, 0.2) is 18.5 Å². The zero-order valence-electron chi connectivity index (χ0n) is 10.6. The number of rotatable bonds is 5. The molecule has 0 aliphatic rings. The maximum atomic E-state index is 4.35. The highest BCUT2D eigenvalue weighted by atomic mass is 15.3. The summed E-state index contributed by atoms with van der Waals surface area (Å²) in [7, 11) is 1.96. The fourth-order valence-corrected chi connectivity index (χ4v) is 1.83. The molecule has 0 amide bonds. The molecule has 5 nitrogen and oxygen atoms in total. The molecular weight excluding hydrogens is 214 g/mol. The Kier molecular flexibility index (Phi) is 3.58. The Morgan fingerprint density at radius 2 is 2.24 bits per heavy atom. The Morgan fingerprint density at radius 3 is 2.88 bits per heavy atom. The summed E-state index contributed by atoms with van der Waals surface area (Å²) in [5.41, 5.74) is 3.42. The van der Waals surface area contributed by atoms with Gasteiger partial charge in [-0.2, -0.15) is 10.2 Å². The number of aromatic nitrogens is 4. The van der Waals surface area contributed by atoms with E-state index in [1.54, 1.807) is 0 Å². The molecule has 0 aliphatic heterocycles. The van der Waals surface area contributed by atoms with Gasteiger partial charge in [-0.1, -0.05) is 6.92 Å². The number of hydrogen-bond donors (Lipinski definition) is 1. The van der Waals surface area contributed by atoms with Crippen molar-refractivity contribution in [1.29, 1.82) is 0 Å². The van der Waals surface area contributed by atoms with Gasteiger partial charge in [0.05, 0.1) is 24.1 Å². The Bertz CT molecular complexity index is 483. The van der Waals surface area contributed by atoms with Crippen LogP contribution < -0.4 is 5.32 Å². The Balaban J connectivity index is 2.03. The highest BCUT2D eigenvalue weighted by molar-refractivity contribution is 5.10. The Labute approximate surface area is 101 Å². The van der Waals surface area contributed by atoms with Crippen LogP contribution in [0.2, 0.25) is 0 Å². The molecule has 2 aromatic rings. The lowest BCUT2D eigenvalue weighted by Crippen LogP contribution is -2.11. The van der Waals surface area contributed by atoms with E-state index in [-0.39, 0.29) is 0 Å². The standard InChI is InChI=1S/C12H19N5/c1-4-13-6-11-7-14-17(8-11)9-12-5-10(2)15-16(12)3/h5,7-8,13H,4,6,9H2,1-3H3. The molecule has 0 aliphatic carbocycles. The van der Waals surface area contributed by atoms with Crippen molar-refractivity contribution in [3.63, 3.8) is 0 Å². The summed E-state index contributed by atoms with van der Waals surface area (Å²) >= 11 is 0. The summed E-state index contributed by atoms with van der Waals surface area (Å²) in [4.78, 5) is 0. The number of aryl methyl sites for hydroxylation is 2. The molecule has 0 saturated heterocycles. The highest BCUT2D eigenvalue weighted by Gasteiger charge is 2.04. The van der Waals surface area contributed by atoms with Gasteiger partial charge in [0.2, 0.25) is 0 Å². The van der Waals surface area contributed by atoms with Crippen molar-refractivity contribution in [1.82, 2.24) is 24.9 Å². The van der Waals surface area contributed by atoms with Crippen molar-refractivity contribution in [2.45, 2.75) is 26.9 Å². The van der Waals surface area contributed by atoms with Crippen LogP contribution >= 0.6 is 0 Å². The van der Waals surface area contributed by atoms with Crippen molar-refractivity contribution in [3.8, 4) is 0 Å². The summed E-state index contributed by atoms with van der Waals surface area (Å²) in [6, 6.07) is 2.09. The minimum Gasteiger partial charge on any atom is -0.313 e. The Morgan fingerprint density at radius 1 is 1.41 bits per heavy atom. The average Bonchev–Trinajstić information content (AvgIpc) is 2.84. The molecular formula is C12H19N5. The van der Waals surface area contributed by atoms with Gasteiger partial charge in [-0.15, -0.1) is 0 Å². The van der Waals surface area contributed by atoms with E-state index in [2.05, 4.69) is 34.7 Å². The van der Waals surface area contributed by atoms with Gasteiger partial charge in [-0.05, 0) is 19.5 Å². The van der Waals surface area contributed by atoms with Crippen LogP contribution in [0, 0.1) is 6.92 Å². The Hall–Kier alpha value is -1.62. The smallest absolute Gasteiger partial charge is 0.0828 e. The van der Waals surface area contributed by atoms with Crippen LogP contribution in [0.3, 0.4) is 0 Å². The largest absolute Gasteiger partial charge is 0.313 e. The zero-order chi connectivity index (χ0) is 12.3. The van der Waals surface area contributed by atoms with Crippen LogP contribution in [0.5, 0.6) is 0 Å². The second-order valence-corrected chi connectivity index (χ2v) is 4.23. The number of nitrogens with zero attached hydrogens (tertiary/aromatic N) is 4. The maximum Gasteiger partial charge on any atom is 0.0828 e. The van der Waals surface area contributed by atoms with E-state index in [9.17, 15) is 0 Å². The van der Waals surface area contributed by atoms with Crippen molar-refractivity contribution in [3.05, 3.63) is 35.4 Å². The number of hydrogen-bond acceptors (Lipinski definition) is 3. The van der Waals surface area contributed by atoms with E-state index < -0.39 is 0 Å². The SMILES string of the molecule is CCNCc1cnn(Cc2cc(C)nn2C)c1. The molecule has 92 valence electrons. The molecule has 0 saturated carbocycles. The first-order valence-electron chi connectivity index (χ1n) is 5.90. The van der Waals surface area contributed by atoms with Crippen LogP contribution in [0.1, 0.15) is 23.9 Å². The predicted octanol–water partition coefficient (Wildman–Crippen LogP) is 1.08. The molecule has 1 N–H and O–H groups in total. The second kappa shape index (κ2) is 5.14. The van der Waals surface area contributed by atoms with Gasteiger partial charge in [-0.3, -0.25) is 9.36 Å². The lowest BCUT2D eigenvalue weighted by Gasteiger charge is -2.01. The normalized spacial score (nSPS) is 11.0. The fraction of sp³-hybridized carbons (Fsp3) is 0.500. The molecule has 5 heteroatoms. The van der Waals surface area contributed by atoms with E-state index >= 15 is 0 Å². The van der Waals surface area contributed by atoms with Gasteiger partial charge in [0.1, 0.15) is 0 Å². The zero-order valence-corrected chi connectivity index (χ0v) is 10.6. The molecule has 2 rings (SSSR count). The van der Waals surface area contributed by atoms with E-state index in [1.165, 1.54) is 11.3 Å². The third kappa shape index (κ3) is 2.94. The van der Waals surface area contributed by atoms with Gasteiger partial charge >= 0.3 is 0 Å². The van der Waals surface area contributed by atoms with Gasteiger partial charge in [0.25, 0.3) is 0 Å². The van der Waals surface area contributed by atoms with Gasteiger partial charge in [0, 0.05) is 25.4 Å². The van der Waals surface area contributed by atoms with E-state index in [4.69, 9.17) is 0 Å². The molecule has 0 atom stereocenters. The molecule has 2 heterocycles. The summed E-state index contributed by atoms with van der Waals surface area (Å²) in [6.45, 7) is 6.72. The van der Waals surface area contributed by atoms with E-state index in [0.717, 1.165) is 25.3 Å². The first-order chi connectivity index (χ1) is 8.19. The quantitative estimate of drug-likeness (QED) is 0.840. The highest BCUT2D eigenvalue weighted by Crippen LogP contribution is 2.05. The average molecular weight is 233 g/mol. The van der Waals surface area contributed by atoms with Crippen LogP contribution in [0.4, 0.5) is 0 Å². The van der Waals surface area contributed by atoms with Crippen molar-refractivity contribution in [2.24, 2.45) is 7.05 Å². The van der Waals surface area contributed by atoms with E-state index in [0.29, 0.717) is 0 Å². The van der Waals surface area contributed by atoms with Gasteiger partial charge < -0.3 is 5.32 Å². The van der Waals surface area contributed by atoms with Crippen LogP contribution in [-0.2, 0) is 20.1 Å². The molecule has 0 fully saturated rings. The van der Waals surface area contributed by atoms with Crippen molar-refractivity contribution >= 4 is 0 Å². The van der Waals surface area contributed by atoms with Gasteiger partial charge in [-0.25, -0.2) is 0 Å². The fourth-order valence-electron chi connectivity index (χ4n) is 1.83. The van der Waals surface area contributed by atoms with Crippen molar-refractivity contribution in [2.75, 3.05) is 6.54 Å². The number of nitrogens with one attached hydrogen (secondary N) is 1. The molecule has 0 unspecified atom stereocenters. The molecule has 2 aromatic heterocycles. The van der Waals surface area contributed by atoms with E-state index in [1.807, 2.05) is 29.5 Å². The first-order valence-corrected chi connectivity index (χ1v) is 5.90. The molecule has 0 spiro atoms.